The molecule has 1 fully saturated rings. The van der Waals surface area contributed by atoms with Gasteiger partial charge in [0.15, 0.2) is 5.13 Å². The molecule has 1 saturated carbocycles. The third-order valence-corrected chi connectivity index (χ3v) is 4.78. The monoisotopic (exact) mass is 346 g/mol. The molecule has 24 heavy (non-hydrogen) atoms. The van der Waals surface area contributed by atoms with Crippen molar-refractivity contribution in [2.24, 2.45) is 11.8 Å². The molecule has 128 valence electrons. The molecule has 2 atom stereocenters. The first kappa shape index (κ1) is 16.8. The predicted molar refractivity (Wildman–Crippen MR) is 95.8 cm³/mol. The molecule has 1 aliphatic rings. The van der Waals surface area contributed by atoms with Gasteiger partial charge in [-0.25, -0.2) is 4.98 Å². The smallest absolute Gasteiger partial charge is 0.229 e. The number of hydrogen-bond donors (Lipinski definition) is 1. The normalized spacial score (nSPS) is 19.0. The summed E-state index contributed by atoms with van der Waals surface area (Å²) in [6.07, 6.45) is 0.967. The molecular weight excluding hydrogens is 324 g/mol. The van der Waals surface area contributed by atoms with Gasteiger partial charge >= 0.3 is 0 Å². The summed E-state index contributed by atoms with van der Waals surface area (Å²) in [7, 11) is 0. The van der Waals surface area contributed by atoms with Gasteiger partial charge in [0, 0.05) is 16.9 Å². The minimum absolute atomic E-state index is 0.0662. The van der Waals surface area contributed by atoms with Crippen molar-refractivity contribution in [2.75, 3.05) is 18.5 Å². The molecule has 1 heterocycles. The van der Waals surface area contributed by atoms with Crippen LogP contribution in [0, 0.1) is 11.8 Å². The molecule has 1 N–H and O–H groups in total. The summed E-state index contributed by atoms with van der Waals surface area (Å²) < 4.78 is 11.3. The molecule has 5 nitrogen and oxygen atoms in total. The number of carbonyl (C=O) groups is 1. The zero-order chi connectivity index (χ0) is 17.1. The van der Waals surface area contributed by atoms with Crippen LogP contribution >= 0.6 is 11.3 Å². The van der Waals surface area contributed by atoms with Crippen LogP contribution in [0.1, 0.15) is 27.2 Å². The second kappa shape index (κ2) is 7.21. The van der Waals surface area contributed by atoms with E-state index in [9.17, 15) is 4.79 Å². The molecule has 0 spiro atoms. The Morgan fingerprint density at radius 3 is 2.75 bits per heavy atom. The Bertz CT molecular complexity index is 729. The summed E-state index contributed by atoms with van der Waals surface area (Å²) in [5.74, 6) is 2.23. The molecule has 0 aliphatic heterocycles. The summed E-state index contributed by atoms with van der Waals surface area (Å²) in [5, 5.41) is 5.47. The van der Waals surface area contributed by atoms with E-state index >= 15 is 0 Å². The Labute approximate surface area is 146 Å². The van der Waals surface area contributed by atoms with E-state index < -0.39 is 0 Å². The molecule has 1 amide bonds. The Morgan fingerprint density at radius 2 is 2.08 bits per heavy atom. The van der Waals surface area contributed by atoms with Crippen LogP contribution in [-0.4, -0.2) is 24.1 Å². The van der Waals surface area contributed by atoms with E-state index in [1.807, 2.05) is 37.4 Å². The predicted octanol–water partition coefficient (Wildman–Crippen LogP) is 4.20. The fraction of sp³-hybridized carbons (Fsp3) is 0.444. The van der Waals surface area contributed by atoms with Crippen LogP contribution in [0.25, 0.3) is 11.3 Å². The van der Waals surface area contributed by atoms with Crippen molar-refractivity contribution in [1.82, 2.24) is 4.98 Å². The van der Waals surface area contributed by atoms with Gasteiger partial charge < -0.3 is 14.8 Å². The van der Waals surface area contributed by atoms with Gasteiger partial charge in [0.1, 0.15) is 11.5 Å². The van der Waals surface area contributed by atoms with E-state index in [2.05, 4.69) is 17.2 Å². The number of rotatable bonds is 7. The largest absolute Gasteiger partial charge is 0.494 e. The lowest BCUT2D eigenvalue weighted by atomic mass is 10.1. The van der Waals surface area contributed by atoms with Gasteiger partial charge in [-0.3, -0.25) is 4.79 Å². The number of ether oxygens (including phenoxy) is 2. The van der Waals surface area contributed by atoms with Crippen molar-refractivity contribution in [3.63, 3.8) is 0 Å². The quantitative estimate of drug-likeness (QED) is 0.816. The van der Waals surface area contributed by atoms with E-state index in [4.69, 9.17) is 9.47 Å². The van der Waals surface area contributed by atoms with E-state index in [1.165, 1.54) is 11.3 Å². The van der Waals surface area contributed by atoms with Crippen LogP contribution in [0.5, 0.6) is 11.5 Å². The Balaban J connectivity index is 1.82. The molecule has 0 unspecified atom stereocenters. The van der Waals surface area contributed by atoms with E-state index in [0.29, 0.717) is 24.3 Å². The summed E-state index contributed by atoms with van der Waals surface area (Å²) in [6.45, 7) is 7.17. The maximum absolute atomic E-state index is 12.1. The summed E-state index contributed by atoms with van der Waals surface area (Å²) in [4.78, 5) is 16.6. The van der Waals surface area contributed by atoms with Crippen LogP contribution in [0.2, 0.25) is 0 Å². The number of benzene rings is 1. The minimum atomic E-state index is 0.0662. The van der Waals surface area contributed by atoms with Gasteiger partial charge in [0.25, 0.3) is 0 Å². The zero-order valence-corrected chi connectivity index (χ0v) is 15.0. The molecule has 3 rings (SSSR count). The fourth-order valence-corrected chi connectivity index (χ4v) is 3.30. The summed E-state index contributed by atoms with van der Waals surface area (Å²) >= 11 is 1.43. The first-order valence-electron chi connectivity index (χ1n) is 8.28. The summed E-state index contributed by atoms with van der Waals surface area (Å²) in [6, 6.07) is 5.72. The molecule has 1 aliphatic carbocycles. The van der Waals surface area contributed by atoms with Crippen molar-refractivity contribution in [1.29, 1.82) is 0 Å². The van der Waals surface area contributed by atoms with E-state index in [1.54, 1.807) is 0 Å². The molecule has 0 radical (unpaired) electrons. The van der Waals surface area contributed by atoms with Gasteiger partial charge in [0.2, 0.25) is 5.91 Å². The van der Waals surface area contributed by atoms with Crippen LogP contribution in [-0.2, 0) is 4.79 Å². The van der Waals surface area contributed by atoms with Gasteiger partial charge in [-0.1, -0.05) is 6.92 Å². The SMILES string of the molecule is CCOc1ccc(OCC)c(-c2csc(NC(=O)[C@@H]3C[C@H]3C)n2)c1. The molecule has 6 heteroatoms. The summed E-state index contributed by atoms with van der Waals surface area (Å²) in [5.41, 5.74) is 1.66. The highest BCUT2D eigenvalue weighted by molar-refractivity contribution is 7.14. The third-order valence-electron chi connectivity index (χ3n) is 4.02. The minimum Gasteiger partial charge on any atom is -0.494 e. The van der Waals surface area contributed by atoms with Crippen molar-refractivity contribution < 1.29 is 14.3 Å². The number of carbonyl (C=O) groups excluding carboxylic acids is 1. The number of nitrogens with zero attached hydrogens (tertiary/aromatic N) is 1. The lowest BCUT2D eigenvalue weighted by molar-refractivity contribution is -0.117. The lowest BCUT2D eigenvalue weighted by Gasteiger charge is -2.11. The van der Waals surface area contributed by atoms with Crippen molar-refractivity contribution in [3.05, 3.63) is 23.6 Å². The van der Waals surface area contributed by atoms with Crippen LogP contribution in [0.15, 0.2) is 23.6 Å². The highest BCUT2D eigenvalue weighted by Gasteiger charge is 2.39. The fourth-order valence-electron chi connectivity index (χ4n) is 2.59. The zero-order valence-electron chi connectivity index (χ0n) is 14.2. The standard InChI is InChI=1S/C18H22N2O3S/c1-4-22-12-6-7-16(23-5-2)14(9-12)15-10-24-18(19-15)20-17(21)13-8-11(13)3/h6-7,9-11,13H,4-5,8H2,1-3H3,(H,19,20,21)/t11-,13-/m1/s1. The van der Waals surface area contributed by atoms with Gasteiger partial charge in [-0.15, -0.1) is 11.3 Å². The molecule has 0 bridgehead atoms. The van der Waals surface area contributed by atoms with Crippen molar-refractivity contribution in [3.8, 4) is 22.8 Å². The Kier molecular flexibility index (Phi) is 5.04. The van der Waals surface area contributed by atoms with Gasteiger partial charge in [-0.05, 0) is 44.4 Å². The third kappa shape index (κ3) is 3.70. The Morgan fingerprint density at radius 1 is 1.33 bits per heavy atom. The van der Waals surface area contributed by atoms with Crippen LogP contribution in [0.3, 0.4) is 0 Å². The molecule has 1 aromatic heterocycles. The topological polar surface area (TPSA) is 60.5 Å². The van der Waals surface area contributed by atoms with Crippen molar-refractivity contribution in [2.45, 2.75) is 27.2 Å². The van der Waals surface area contributed by atoms with Crippen molar-refractivity contribution >= 4 is 22.4 Å². The average Bonchev–Trinajstić information content (AvgIpc) is 3.12. The number of thiazole rings is 1. The molecule has 2 aromatic rings. The number of nitrogens with one attached hydrogen (secondary N) is 1. The maximum Gasteiger partial charge on any atom is 0.229 e. The average molecular weight is 346 g/mol. The second-order valence-corrected chi connectivity index (χ2v) is 6.73. The lowest BCUT2D eigenvalue weighted by Crippen LogP contribution is -2.14. The number of hydrogen-bond acceptors (Lipinski definition) is 5. The highest BCUT2D eigenvalue weighted by atomic mass is 32.1. The second-order valence-electron chi connectivity index (χ2n) is 5.87. The highest BCUT2D eigenvalue weighted by Crippen LogP contribution is 2.39. The molecule has 1 aromatic carbocycles. The first-order chi connectivity index (χ1) is 11.6. The number of amides is 1. The van der Waals surface area contributed by atoms with Gasteiger partial charge in [-0.2, -0.15) is 0 Å². The Hall–Kier alpha value is -2.08. The van der Waals surface area contributed by atoms with Crippen LogP contribution in [0.4, 0.5) is 5.13 Å². The molecule has 0 saturated heterocycles. The number of aromatic nitrogens is 1. The first-order valence-corrected chi connectivity index (χ1v) is 9.16. The molecular formula is C18H22N2O3S. The van der Waals surface area contributed by atoms with E-state index in [-0.39, 0.29) is 11.8 Å². The number of anilines is 1. The van der Waals surface area contributed by atoms with E-state index in [0.717, 1.165) is 29.2 Å². The van der Waals surface area contributed by atoms with Crippen LogP contribution < -0.4 is 14.8 Å². The van der Waals surface area contributed by atoms with Gasteiger partial charge in [0.05, 0.1) is 18.9 Å². The maximum atomic E-state index is 12.1.